The SMILES string of the molecule is Cl.NC1CCN(C(=O)C2CC(F)(F)C2)CC1. The number of halogens is 3. The van der Waals surface area contributed by atoms with Gasteiger partial charge in [0.25, 0.3) is 0 Å². The molecule has 1 aliphatic heterocycles. The Labute approximate surface area is 99.8 Å². The van der Waals surface area contributed by atoms with Crippen LogP contribution in [0.15, 0.2) is 0 Å². The Balaban J connectivity index is 0.00000128. The fraction of sp³-hybridized carbons (Fsp3) is 0.900. The average Bonchev–Trinajstić information content (AvgIpc) is 2.14. The van der Waals surface area contributed by atoms with E-state index in [1.165, 1.54) is 0 Å². The van der Waals surface area contributed by atoms with E-state index in [0.29, 0.717) is 13.1 Å². The molecular weight excluding hydrogens is 238 g/mol. The van der Waals surface area contributed by atoms with E-state index in [1.54, 1.807) is 4.90 Å². The molecule has 2 fully saturated rings. The summed E-state index contributed by atoms with van der Waals surface area (Å²) in [5.41, 5.74) is 5.70. The minimum atomic E-state index is -2.60. The monoisotopic (exact) mass is 254 g/mol. The van der Waals surface area contributed by atoms with Crippen LogP contribution in [0.4, 0.5) is 8.78 Å². The lowest BCUT2D eigenvalue weighted by atomic mass is 9.80. The molecule has 1 saturated heterocycles. The van der Waals surface area contributed by atoms with Crippen LogP contribution in [0, 0.1) is 5.92 Å². The third-order valence-electron chi connectivity index (χ3n) is 3.29. The maximum Gasteiger partial charge on any atom is 0.249 e. The van der Waals surface area contributed by atoms with Gasteiger partial charge in [-0.3, -0.25) is 4.79 Å². The first-order chi connectivity index (χ1) is 6.98. The smallest absolute Gasteiger partial charge is 0.249 e. The predicted molar refractivity (Wildman–Crippen MR) is 58.7 cm³/mol. The Kier molecular flexibility index (Phi) is 4.12. The number of likely N-dealkylation sites (tertiary alicyclic amines) is 1. The van der Waals surface area contributed by atoms with Crippen LogP contribution in [0.1, 0.15) is 25.7 Å². The number of hydrogen-bond acceptors (Lipinski definition) is 2. The van der Waals surface area contributed by atoms with Gasteiger partial charge in [-0.1, -0.05) is 0 Å². The number of rotatable bonds is 1. The van der Waals surface area contributed by atoms with E-state index >= 15 is 0 Å². The molecule has 16 heavy (non-hydrogen) atoms. The summed E-state index contributed by atoms with van der Waals surface area (Å²) >= 11 is 0. The molecule has 1 aliphatic carbocycles. The largest absolute Gasteiger partial charge is 0.342 e. The minimum Gasteiger partial charge on any atom is -0.342 e. The molecule has 0 aromatic heterocycles. The van der Waals surface area contributed by atoms with Crippen LogP contribution in [-0.2, 0) is 4.79 Å². The maximum atomic E-state index is 12.6. The Bertz CT molecular complexity index is 260. The molecule has 0 aromatic carbocycles. The second kappa shape index (κ2) is 4.84. The second-order valence-corrected chi connectivity index (χ2v) is 4.62. The quantitative estimate of drug-likeness (QED) is 0.769. The van der Waals surface area contributed by atoms with E-state index in [1.807, 2.05) is 0 Å². The molecule has 3 nitrogen and oxygen atoms in total. The molecule has 1 amide bonds. The van der Waals surface area contributed by atoms with Crippen molar-refractivity contribution in [2.24, 2.45) is 11.7 Å². The third-order valence-corrected chi connectivity index (χ3v) is 3.29. The molecule has 94 valence electrons. The van der Waals surface area contributed by atoms with Gasteiger partial charge in [-0.15, -0.1) is 12.4 Å². The summed E-state index contributed by atoms with van der Waals surface area (Å²) in [6.45, 7) is 1.25. The number of nitrogens with zero attached hydrogens (tertiary/aromatic N) is 1. The molecule has 2 aliphatic rings. The van der Waals surface area contributed by atoms with Crippen molar-refractivity contribution >= 4 is 18.3 Å². The van der Waals surface area contributed by atoms with Crippen molar-refractivity contribution in [2.75, 3.05) is 13.1 Å². The topological polar surface area (TPSA) is 46.3 Å². The molecule has 0 atom stereocenters. The van der Waals surface area contributed by atoms with Crippen LogP contribution < -0.4 is 5.73 Å². The van der Waals surface area contributed by atoms with Crippen LogP contribution >= 0.6 is 12.4 Å². The first-order valence-corrected chi connectivity index (χ1v) is 5.40. The van der Waals surface area contributed by atoms with Crippen LogP contribution in [0.25, 0.3) is 0 Å². The van der Waals surface area contributed by atoms with Gasteiger partial charge >= 0.3 is 0 Å². The maximum absolute atomic E-state index is 12.6. The zero-order valence-corrected chi connectivity index (χ0v) is 9.81. The van der Waals surface area contributed by atoms with Crippen molar-refractivity contribution in [3.63, 3.8) is 0 Å². The van der Waals surface area contributed by atoms with Crippen LogP contribution in [-0.4, -0.2) is 35.9 Å². The summed E-state index contributed by atoms with van der Waals surface area (Å²) < 4.78 is 25.2. The highest BCUT2D eigenvalue weighted by Crippen LogP contribution is 2.43. The Morgan fingerprint density at radius 1 is 1.25 bits per heavy atom. The Morgan fingerprint density at radius 3 is 2.19 bits per heavy atom. The number of hydrogen-bond donors (Lipinski definition) is 1. The molecule has 0 radical (unpaired) electrons. The van der Waals surface area contributed by atoms with E-state index < -0.39 is 11.8 Å². The van der Waals surface area contributed by atoms with Crippen molar-refractivity contribution in [1.29, 1.82) is 0 Å². The number of piperidine rings is 1. The third kappa shape index (κ3) is 2.83. The molecule has 0 bridgehead atoms. The Morgan fingerprint density at radius 2 is 1.75 bits per heavy atom. The summed E-state index contributed by atoms with van der Waals surface area (Å²) in [4.78, 5) is 13.4. The molecular formula is C10H17ClF2N2O. The summed E-state index contributed by atoms with van der Waals surface area (Å²) in [5, 5.41) is 0. The lowest BCUT2D eigenvalue weighted by molar-refractivity contribution is -0.160. The minimum absolute atomic E-state index is 0. The molecule has 1 saturated carbocycles. The van der Waals surface area contributed by atoms with E-state index in [4.69, 9.17) is 5.73 Å². The fourth-order valence-electron chi connectivity index (χ4n) is 2.21. The van der Waals surface area contributed by atoms with Gasteiger partial charge in [0.15, 0.2) is 0 Å². The zero-order valence-electron chi connectivity index (χ0n) is 8.99. The lowest BCUT2D eigenvalue weighted by Crippen LogP contribution is -2.50. The molecule has 2 N–H and O–H groups in total. The van der Waals surface area contributed by atoms with Gasteiger partial charge in [0.05, 0.1) is 0 Å². The van der Waals surface area contributed by atoms with Gasteiger partial charge in [-0.05, 0) is 12.8 Å². The van der Waals surface area contributed by atoms with Gasteiger partial charge < -0.3 is 10.6 Å². The molecule has 0 spiro atoms. The molecule has 1 heterocycles. The number of nitrogens with two attached hydrogens (primary N) is 1. The molecule has 2 rings (SSSR count). The summed E-state index contributed by atoms with van der Waals surface area (Å²) in [7, 11) is 0. The van der Waals surface area contributed by atoms with Crippen molar-refractivity contribution < 1.29 is 13.6 Å². The number of carbonyl (C=O) groups is 1. The number of amides is 1. The highest BCUT2D eigenvalue weighted by Gasteiger charge is 2.49. The van der Waals surface area contributed by atoms with Gasteiger partial charge in [0.1, 0.15) is 0 Å². The summed E-state index contributed by atoms with van der Waals surface area (Å²) in [5.74, 6) is -3.16. The lowest BCUT2D eigenvalue weighted by Gasteiger charge is -2.39. The van der Waals surface area contributed by atoms with Gasteiger partial charge in [0, 0.05) is 37.9 Å². The van der Waals surface area contributed by atoms with E-state index in [-0.39, 0.29) is 37.2 Å². The van der Waals surface area contributed by atoms with Gasteiger partial charge in [-0.25, -0.2) is 8.78 Å². The standard InChI is InChI=1S/C10H16F2N2O.ClH/c11-10(12)5-7(6-10)9(15)14-3-1-8(13)2-4-14;/h7-8H,1-6,13H2;1H. The number of alkyl halides is 2. The predicted octanol–water partition coefficient (Wildman–Crippen LogP) is 1.40. The van der Waals surface area contributed by atoms with Crippen molar-refractivity contribution in [3.8, 4) is 0 Å². The van der Waals surface area contributed by atoms with Crippen LogP contribution in [0.3, 0.4) is 0 Å². The van der Waals surface area contributed by atoms with E-state index in [9.17, 15) is 13.6 Å². The Hall–Kier alpha value is -0.420. The van der Waals surface area contributed by atoms with Crippen molar-refractivity contribution in [1.82, 2.24) is 4.90 Å². The van der Waals surface area contributed by atoms with Crippen LogP contribution in [0.5, 0.6) is 0 Å². The van der Waals surface area contributed by atoms with Crippen molar-refractivity contribution in [3.05, 3.63) is 0 Å². The number of carbonyl (C=O) groups excluding carboxylic acids is 1. The van der Waals surface area contributed by atoms with Gasteiger partial charge in [0.2, 0.25) is 11.8 Å². The first-order valence-electron chi connectivity index (χ1n) is 5.40. The normalized spacial score (nSPS) is 25.8. The molecule has 0 unspecified atom stereocenters. The van der Waals surface area contributed by atoms with E-state index in [0.717, 1.165) is 12.8 Å². The second-order valence-electron chi connectivity index (χ2n) is 4.62. The fourth-order valence-corrected chi connectivity index (χ4v) is 2.21. The highest BCUT2D eigenvalue weighted by atomic mass is 35.5. The molecule has 6 heteroatoms. The summed E-state index contributed by atoms with van der Waals surface area (Å²) in [6, 6.07) is 0.164. The van der Waals surface area contributed by atoms with Crippen LogP contribution in [0.2, 0.25) is 0 Å². The first kappa shape index (κ1) is 13.6. The zero-order chi connectivity index (χ0) is 11.1. The highest BCUT2D eigenvalue weighted by molar-refractivity contribution is 5.85. The average molecular weight is 255 g/mol. The molecule has 0 aromatic rings. The summed E-state index contributed by atoms with van der Waals surface area (Å²) in [6.07, 6.45) is 1.03. The van der Waals surface area contributed by atoms with E-state index in [2.05, 4.69) is 0 Å². The van der Waals surface area contributed by atoms with Crippen molar-refractivity contribution in [2.45, 2.75) is 37.6 Å². The van der Waals surface area contributed by atoms with Gasteiger partial charge in [-0.2, -0.15) is 0 Å².